The van der Waals surface area contributed by atoms with Gasteiger partial charge in [-0.1, -0.05) is 0 Å². The monoisotopic (exact) mass is 423 g/mol. The molecule has 1 aliphatic heterocycles. The molecule has 3 rings (SSSR count). The molecule has 156 valence electrons. The third-order valence-corrected chi connectivity index (χ3v) is 5.27. The Labute approximate surface area is 166 Å². The van der Waals surface area contributed by atoms with Gasteiger partial charge in [-0.05, 0) is 18.6 Å². The smallest absolute Gasteiger partial charge is 0.257 e. The molecule has 29 heavy (non-hydrogen) atoms. The largest absolute Gasteiger partial charge is 0.484 e. The van der Waals surface area contributed by atoms with Crippen molar-refractivity contribution in [1.29, 1.82) is 0 Å². The fraction of sp³-hybridized carbons (Fsp3) is 0.412. The summed E-state index contributed by atoms with van der Waals surface area (Å²) in [5.74, 6) is -1.59. The van der Waals surface area contributed by atoms with E-state index >= 15 is 0 Å². The van der Waals surface area contributed by atoms with Gasteiger partial charge in [-0.15, -0.1) is 0 Å². The van der Waals surface area contributed by atoms with Gasteiger partial charge in [0, 0.05) is 31.5 Å². The van der Waals surface area contributed by atoms with E-state index in [0.717, 1.165) is 5.39 Å². The summed E-state index contributed by atoms with van der Waals surface area (Å²) in [4.78, 5) is 35.3. The maximum absolute atomic E-state index is 12.2. The number of aryl methyl sites for hydroxylation is 1. The van der Waals surface area contributed by atoms with Crippen LogP contribution in [-0.2, 0) is 31.5 Å². The number of nitrogens with zero attached hydrogens (tertiary/aromatic N) is 2. The molecule has 1 atom stereocenters. The maximum Gasteiger partial charge on any atom is 0.257 e. The van der Waals surface area contributed by atoms with Gasteiger partial charge < -0.3 is 10.1 Å². The molecule has 0 aliphatic carbocycles. The lowest BCUT2D eigenvalue weighted by atomic mass is 9.93. The molecule has 1 aliphatic rings. The van der Waals surface area contributed by atoms with Crippen LogP contribution in [0.2, 0.25) is 0 Å². The number of fused-ring (bicyclic) bond motifs is 1. The van der Waals surface area contributed by atoms with Crippen LogP contribution >= 0.6 is 0 Å². The Morgan fingerprint density at radius 1 is 1.41 bits per heavy atom. The fourth-order valence-electron chi connectivity index (χ4n) is 3.10. The van der Waals surface area contributed by atoms with Crippen LogP contribution in [0.3, 0.4) is 0 Å². The zero-order chi connectivity index (χ0) is 21.2. The minimum absolute atomic E-state index is 0.100. The van der Waals surface area contributed by atoms with E-state index in [-0.39, 0.29) is 37.1 Å². The van der Waals surface area contributed by atoms with Gasteiger partial charge in [0.25, 0.3) is 5.91 Å². The van der Waals surface area contributed by atoms with Gasteiger partial charge in [-0.2, -0.15) is 5.10 Å². The molecule has 4 N–H and O–H groups in total. The number of amides is 3. The molecular formula is C17H21N5O6S. The molecule has 0 saturated carbocycles. The first-order valence-corrected chi connectivity index (χ1v) is 10.6. The summed E-state index contributed by atoms with van der Waals surface area (Å²) in [6.07, 6.45) is 0.657. The predicted molar refractivity (Wildman–Crippen MR) is 102 cm³/mol. The normalized spacial score (nSPS) is 17.2. The number of aromatic nitrogens is 2. The summed E-state index contributed by atoms with van der Waals surface area (Å²) < 4.78 is 28.7. The van der Waals surface area contributed by atoms with Crippen molar-refractivity contribution >= 4 is 38.6 Å². The number of nitrogens with two attached hydrogens (primary N) is 1. The van der Waals surface area contributed by atoms with Crippen LogP contribution in [0.1, 0.15) is 24.5 Å². The molecule has 2 aromatic rings. The average Bonchev–Trinajstić information content (AvgIpc) is 2.95. The Balaban J connectivity index is 1.68. The highest BCUT2D eigenvalue weighted by atomic mass is 32.2. The van der Waals surface area contributed by atoms with Crippen LogP contribution in [0.25, 0.3) is 10.9 Å². The van der Waals surface area contributed by atoms with Crippen LogP contribution in [0.15, 0.2) is 18.2 Å². The molecule has 3 amide bonds. The minimum Gasteiger partial charge on any atom is -0.484 e. The van der Waals surface area contributed by atoms with Gasteiger partial charge in [-0.25, -0.2) is 13.6 Å². The van der Waals surface area contributed by atoms with Crippen molar-refractivity contribution in [2.45, 2.75) is 18.8 Å². The standard InChI is InChI=1S/C17H21N5O6S/c1-22-13-8-10(28-9-15(24)19-6-7-29(18,26)27)2-3-11(13)16(21-22)12-4-5-14(23)20-17(12)25/h2-3,8,12H,4-7,9H2,1H3,(H,19,24)(H2,18,26,27)(H,20,23,25). The van der Waals surface area contributed by atoms with Crippen molar-refractivity contribution in [3.63, 3.8) is 0 Å². The first-order chi connectivity index (χ1) is 13.6. The third kappa shape index (κ3) is 5.09. The summed E-state index contributed by atoms with van der Waals surface area (Å²) in [6.45, 7) is -0.398. The average molecular weight is 423 g/mol. The lowest BCUT2D eigenvalue weighted by molar-refractivity contribution is -0.134. The van der Waals surface area contributed by atoms with Gasteiger partial charge in [-0.3, -0.25) is 24.4 Å². The lowest BCUT2D eigenvalue weighted by Crippen LogP contribution is -2.39. The van der Waals surface area contributed by atoms with Crippen molar-refractivity contribution in [3.05, 3.63) is 23.9 Å². The highest BCUT2D eigenvalue weighted by Gasteiger charge is 2.31. The van der Waals surface area contributed by atoms with Crippen LogP contribution in [-0.4, -0.2) is 54.8 Å². The topological polar surface area (TPSA) is 162 Å². The summed E-state index contributed by atoms with van der Waals surface area (Å²) in [5.41, 5.74) is 1.29. The summed E-state index contributed by atoms with van der Waals surface area (Å²) in [5, 5.41) is 14.8. The van der Waals surface area contributed by atoms with Gasteiger partial charge in [0.1, 0.15) is 5.75 Å². The number of ether oxygens (including phenoxy) is 1. The summed E-state index contributed by atoms with van der Waals surface area (Å²) in [6, 6.07) is 5.09. The van der Waals surface area contributed by atoms with Crippen LogP contribution in [0.5, 0.6) is 5.75 Å². The number of piperidine rings is 1. The zero-order valence-corrected chi connectivity index (χ0v) is 16.5. The second-order valence-electron chi connectivity index (χ2n) is 6.70. The number of rotatable bonds is 7. The van der Waals surface area contributed by atoms with Crippen LogP contribution in [0.4, 0.5) is 0 Å². The molecule has 0 bridgehead atoms. The van der Waals surface area contributed by atoms with Gasteiger partial charge in [0.05, 0.1) is 22.9 Å². The van der Waals surface area contributed by atoms with Crippen molar-refractivity contribution in [2.75, 3.05) is 18.9 Å². The van der Waals surface area contributed by atoms with E-state index in [1.165, 1.54) is 0 Å². The number of carbonyl (C=O) groups excluding carboxylic acids is 3. The number of primary sulfonamides is 1. The number of carbonyl (C=O) groups is 3. The number of imide groups is 1. The van der Waals surface area contributed by atoms with Gasteiger partial charge in [0.15, 0.2) is 6.61 Å². The lowest BCUT2D eigenvalue weighted by Gasteiger charge is -2.19. The molecule has 1 fully saturated rings. The minimum atomic E-state index is -3.64. The highest BCUT2D eigenvalue weighted by Crippen LogP contribution is 2.31. The van der Waals surface area contributed by atoms with E-state index in [9.17, 15) is 22.8 Å². The van der Waals surface area contributed by atoms with Crippen molar-refractivity contribution < 1.29 is 27.5 Å². The van der Waals surface area contributed by atoms with Crippen molar-refractivity contribution in [2.24, 2.45) is 12.2 Å². The quantitative estimate of drug-likeness (QED) is 0.475. The van der Waals surface area contributed by atoms with E-state index in [1.54, 1.807) is 29.9 Å². The SMILES string of the molecule is Cn1nc(C2CCC(=O)NC2=O)c2ccc(OCC(=O)NCCS(N)(=O)=O)cc21. The number of sulfonamides is 1. The van der Waals surface area contributed by atoms with Crippen LogP contribution in [0, 0.1) is 0 Å². The Kier molecular flexibility index (Phi) is 5.84. The first kappa shape index (κ1) is 20.7. The number of benzene rings is 1. The number of hydrogen-bond acceptors (Lipinski definition) is 7. The molecule has 12 heteroatoms. The third-order valence-electron chi connectivity index (χ3n) is 4.50. The Morgan fingerprint density at radius 3 is 2.86 bits per heavy atom. The van der Waals surface area contributed by atoms with E-state index < -0.39 is 21.8 Å². The van der Waals surface area contributed by atoms with E-state index in [4.69, 9.17) is 9.88 Å². The Bertz CT molecular complexity index is 1080. The van der Waals surface area contributed by atoms with Crippen molar-refractivity contribution in [1.82, 2.24) is 20.4 Å². The fourth-order valence-corrected chi connectivity index (χ4v) is 3.49. The summed E-state index contributed by atoms with van der Waals surface area (Å²) in [7, 11) is -1.92. The highest BCUT2D eigenvalue weighted by molar-refractivity contribution is 7.89. The molecule has 1 saturated heterocycles. The number of nitrogens with one attached hydrogen (secondary N) is 2. The second-order valence-corrected chi connectivity index (χ2v) is 8.43. The molecular weight excluding hydrogens is 402 g/mol. The second kappa shape index (κ2) is 8.17. The molecule has 1 aromatic carbocycles. The first-order valence-electron chi connectivity index (χ1n) is 8.84. The van der Waals surface area contributed by atoms with E-state index in [2.05, 4.69) is 15.7 Å². The van der Waals surface area contributed by atoms with Gasteiger partial charge >= 0.3 is 0 Å². The predicted octanol–water partition coefficient (Wildman–Crippen LogP) is -1.12. The Morgan fingerprint density at radius 2 is 2.17 bits per heavy atom. The maximum atomic E-state index is 12.2. The molecule has 1 unspecified atom stereocenters. The van der Waals surface area contributed by atoms with Crippen molar-refractivity contribution in [3.8, 4) is 5.75 Å². The molecule has 1 aromatic heterocycles. The van der Waals surface area contributed by atoms with E-state index in [1.807, 2.05) is 0 Å². The van der Waals surface area contributed by atoms with Gasteiger partial charge in [0.2, 0.25) is 21.8 Å². The molecule has 11 nitrogen and oxygen atoms in total. The van der Waals surface area contributed by atoms with Crippen LogP contribution < -0.4 is 20.5 Å². The molecule has 2 heterocycles. The number of hydrogen-bond donors (Lipinski definition) is 3. The molecule has 0 spiro atoms. The van der Waals surface area contributed by atoms with E-state index in [0.29, 0.717) is 23.4 Å². The summed E-state index contributed by atoms with van der Waals surface area (Å²) >= 11 is 0. The zero-order valence-electron chi connectivity index (χ0n) is 15.7. The Hall–Kier alpha value is -2.99. The molecule has 0 radical (unpaired) electrons.